The monoisotopic (exact) mass is 348 g/mol. The van der Waals surface area contributed by atoms with Crippen molar-refractivity contribution in [3.63, 3.8) is 0 Å². The van der Waals surface area contributed by atoms with Gasteiger partial charge in [-0.2, -0.15) is 0 Å². The van der Waals surface area contributed by atoms with Gasteiger partial charge in [0.05, 0.1) is 0 Å². The van der Waals surface area contributed by atoms with Crippen molar-refractivity contribution in [3.8, 4) is 21.8 Å². The minimum atomic E-state index is -0.245. The summed E-state index contributed by atoms with van der Waals surface area (Å²) in [6.45, 7) is 0. The molecule has 1 N–H and O–H groups in total. The van der Waals surface area contributed by atoms with E-state index >= 15 is 0 Å². The highest BCUT2D eigenvalue weighted by Gasteiger charge is 2.06. The molecular formula is C19H13FN4S. The van der Waals surface area contributed by atoms with Crippen LogP contribution in [0.3, 0.4) is 0 Å². The zero-order chi connectivity index (χ0) is 17.1. The second-order valence-corrected chi connectivity index (χ2v) is 6.21. The molecule has 25 heavy (non-hydrogen) atoms. The Balaban J connectivity index is 1.60. The Morgan fingerprint density at radius 1 is 0.880 bits per heavy atom. The zero-order valence-electron chi connectivity index (χ0n) is 13.1. The quantitative estimate of drug-likeness (QED) is 0.554. The first-order valence-corrected chi connectivity index (χ1v) is 8.52. The van der Waals surface area contributed by atoms with E-state index in [1.807, 2.05) is 35.7 Å². The summed E-state index contributed by atoms with van der Waals surface area (Å²) in [6, 6.07) is 16.1. The van der Waals surface area contributed by atoms with Gasteiger partial charge in [-0.15, -0.1) is 11.3 Å². The molecule has 2 aromatic heterocycles. The smallest absolute Gasteiger partial charge is 0.227 e. The fourth-order valence-corrected chi connectivity index (χ4v) is 3.04. The van der Waals surface area contributed by atoms with Crippen LogP contribution < -0.4 is 5.32 Å². The molecule has 0 atom stereocenters. The standard InChI is InChI=1S/C19H13FN4S/c20-15-6-4-13(5-7-15)14-2-1-3-16(12-14)23-19-22-9-8-17(24-19)18-21-10-11-25-18/h1-12H,(H,22,23,24). The molecule has 4 nitrogen and oxygen atoms in total. The minimum absolute atomic E-state index is 0.245. The van der Waals surface area contributed by atoms with Gasteiger partial charge in [0.2, 0.25) is 5.95 Å². The van der Waals surface area contributed by atoms with Gasteiger partial charge in [-0.3, -0.25) is 0 Å². The van der Waals surface area contributed by atoms with Crippen molar-refractivity contribution in [2.75, 3.05) is 5.32 Å². The van der Waals surface area contributed by atoms with E-state index in [2.05, 4.69) is 20.3 Å². The van der Waals surface area contributed by atoms with Gasteiger partial charge in [-0.1, -0.05) is 24.3 Å². The number of benzene rings is 2. The number of halogens is 1. The number of nitrogens with zero attached hydrogens (tertiary/aromatic N) is 3. The van der Waals surface area contributed by atoms with Crippen LogP contribution in [0.4, 0.5) is 16.0 Å². The number of nitrogens with one attached hydrogen (secondary N) is 1. The predicted octanol–water partition coefficient (Wildman–Crippen LogP) is 5.15. The Labute approximate surface area is 148 Å². The van der Waals surface area contributed by atoms with Gasteiger partial charge in [-0.25, -0.2) is 19.3 Å². The molecule has 0 amide bonds. The highest BCUT2D eigenvalue weighted by molar-refractivity contribution is 7.13. The molecule has 0 aliphatic rings. The SMILES string of the molecule is Fc1ccc(-c2cccc(Nc3nccc(-c4nccs4)n3)c2)cc1. The molecular weight excluding hydrogens is 335 g/mol. The van der Waals surface area contributed by atoms with Gasteiger partial charge >= 0.3 is 0 Å². The van der Waals surface area contributed by atoms with Crippen LogP contribution in [0.5, 0.6) is 0 Å². The second-order valence-electron chi connectivity index (χ2n) is 5.32. The minimum Gasteiger partial charge on any atom is -0.324 e. The van der Waals surface area contributed by atoms with Crippen LogP contribution in [0.15, 0.2) is 72.4 Å². The Hall–Kier alpha value is -3.12. The number of hydrogen-bond acceptors (Lipinski definition) is 5. The van der Waals surface area contributed by atoms with E-state index in [4.69, 9.17) is 0 Å². The van der Waals surface area contributed by atoms with Crippen molar-refractivity contribution in [2.45, 2.75) is 0 Å². The average molecular weight is 348 g/mol. The first kappa shape index (κ1) is 15.4. The third-order valence-electron chi connectivity index (χ3n) is 3.60. The van der Waals surface area contributed by atoms with E-state index in [0.717, 1.165) is 27.5 Å². The van der Waals surface area contributed by atoms with Gasteiger partial charge in [0.1, 0.15) is 16.5 Å². The number of hydrogen-bond donors (Lipinski definition) is 1. The molecule has 0 fully saturated rings. The number of anilines is 2. The maximum absolute atomic E-state index is 13.1. The Morgan fingerprint density at radius 2 is 1.76 bits per heavy atom. The van der Waals surface area contributed by atoms with Crippen LogP contribution in [-0.2, 0) is 0 Å². The zero-order valence-corrected chi connectivity index (χ0v) is 13.9. The lowest BCUT2D eigenvalue weighted by atomic mass is 10.1. The van der Waals surface area contributed by atoms with Crippen LogP contribution in [0.25, 0.3) is 21.8 Å². The highest BCUT2D eigenvalue weighted by Crippen LogP contribution is 2.25. The third kappa shape index (κ3) is 3.54. The summed E-state index contributed by atoms with van der Waals surface area (Å²) in [7, 11) is 0. The van der Waals surface area contributed by atoms with Gasteiger partial charge in [-0.05, 0) is 41.5 Å². The van der Waals surface area contributed by atoms with E-state index in [1.165, 1.54) is 23.5 Å². The van der Waals surface area contributed by atoms with Gasteiger partial charge in [0, 0.05) is 23.5 Å². The number of aromatic nitrogens is 3. The summed E-state index contributed by atoms with van der Waals surface area (Å²) in [6.07, 6.45) is 3.46. The van der Waals surface area contributed by atoms with Crippen LogP contribution in [-0.4, -0.2) is 15.0 Å². The normalized spacial score (nSPS) is 10.6. The van der Waals surface area contributed by atoms with Crippen LogP contribution in [0.1, 0.15) is 0 Å². The summed E-state index contributed by atoms with van der Waals surface area (Å²) in [5.74, 6) is 0.259. The number of rotatable bonds is 4. The lowest BCUT2D eigenvalue weighted by molar-refractivity contribution is 0.628. The lowest BCUT2D eigenvalue weighted by Gasteiger charge is -2.08. The summed E-state index contributed by atoms with van der Waals surface area (Å²) in [5, 5.41) is 5.97. The topological polar surface area (TPSA) is 50.7 Å². The van der Waals surface area contributed by atoms with Crippen molar-refractivity contribution in [3.05, 3.63) is 78.2 Å². The van der Waals surface area contributed by atoms with E-state index in [9.17, 15) is 4.39 Å². The molecule has 122 valence electrons. The van der Waals surface area contributed by atoms with E-state index in [-0.39, 0.29) is 5.82 Å². The summed E-state index contributed by atoms with van der Waals surface area (Å²) < 4.78 is 13.1. The molecule has 6 heteroatoms. The van der Waals surface area contributed by atoms with E-state index in [0.29, 0.717) is 5.95 Å². The molecule has 0 saturated carbocycles. The van der Waals surface area contributed by atoms with Crippen LogP contribution in [0.2, 0.25) is 0 Å². The van der Waals surface area contributed by atoms with Gasteiger partial charge < -0.3 is 5.32 Å². The van der Waals surface area contributed by atoms with Crippen molar-refractivity contribution < 1.29 is 4.39 Å². The van der Waals surface area contributed by atoms with E-state index < -0.39 is 0 Å². The Bertz CT molecular complexity index is 985. The summed E-state index contributed by atoms with van der Waals surface area (Å²) in [5.41, 5.74) is 3.57. The fraction of sp³-hybridized carbons (Fsp3) is 0. The first-order valence-electron chi connectivity index (χ1n) is 7.64. The molecule has 4 aromatic rings. The third-order valence-corrected chi connectivity index (χ3v) is 4.40. The first-order chi connectivity index (χ1) is 12.3. The van der Waals surface area contributed by atoms with Gasteiger partial charge in [0.25, 0.3) is 0 Å². The summed E-state index contributed by atoms with van der Waals surface area (Å²) in [4.78, 5) is 13.0. The van der Waals surface area contributed by atoms with Crippen molar-refractivity contribution in [1.82, 2.24) is 15.0 Å². The number of thiazole rings is 1. The van der Waals surface area contributed by atoms with Crippen molar-refractivity contribution in [2.24, 2.45) is 0 Å². The Morgan fingerprint density at radius 3 is 2.56 bits per heavy atom. The van der Waals surface area contributed by atoms with Gasteiger partial charge in [0.15, 0.2) is 0 Å². The van der Waals surface area contributed by atoms with Crippen LogP contribution >= 0.6 is 11.3 Å². The molecule has 4 rings (SSSR count). The average Bonchev–Trinajstić information content (AvgIpc) is 3.18. The maximum Gasteiger partial charge on any atom is 0.227 e. The second kappa shape index (κ2) is 6.78. The molecule has 0 aliphatic heterocycles. The van der Waals surface area contributed by atoms with Crippen molar-refractivity contribution in [1.29, 1.82) is 0 Å². The molecule has 0 spiro atoms. The molecule has 2 aromatic carbocycles. The Kier molecular flexibility index (Phi) is 4.18. The molecule has 2 heterocycles. The molecule has 0 aliphatic carbocycles. The van der Waals surface area contributed by atoms with E-state index in [1.54, 1.807) is 24.5 Å². The highest BCUT2D eigenvalue weighted by atomic mass is 32.1. The summed E-state index contributed by atoms with van der Waals surface area (Å²) >= 11 is 1.53. The van der Waals surface area contributed by atoms with Crippen LogP contribution in [0, 0.1) is 5.82 Å². The molecule has 0 bridgehead atoms. The van der Waals surface area contributed by atoms with Crippen molar-refractivity contribution >= 4 is 23.0 Å². The molecule has 0 saturated heterocycles. The molecule has 0 radical (unpaired) electrons. The largest absolute Gasteiger partial charge is 0.324 e. The molecule has 0 unspecified atom stereocenters. The maximum atomic E-state index is 13.1. The lowest BCUT2D eigenvalue weighted by Crippen LogP contribution is -1.98. The predicted molar refractivity (Wildman–Crippen MR) is 98.3 cm³/mol. The fourth-order valence-electron chi connectivity index (χ4n) is 2.44.